The molecule has 0 N–H and O–H groups in total. The van der Waals surface area contributed by atoms with Crippen LogP contribution in [0.15, 0.2) is 64.7 Å². The minimum absolute atomic E-state index is 0.204. The summed E-state index contributed by atoms with van der Waals surface area (Å²) >= 11 is 1.33. The van der Waals surface area contributed by atoms with E-state index in [-0.39, 0.29) is 11.2 Å². The highest BCUT2D eigenvalue weighted by Crippen LogP contribution is 2.31. The number of halogens is 2. The van der Waals surface area contributed by atoms with Crippen molar-refractivity contribution in [2.24, 2.45) is 4.99 Å². The Morgan fingerprint density at radius 3 is 2.52 bits per heavy atom. The molecular formula is C24H23F2N3OS. The Morgan fingerprint density at radius 1 is 1.06 bits per heavy atom. The third-order valence-corrected chi connectivity index (χ3v) is 5.92. The standard InChI is InChI=1S/C24H23F2N3OS/c1-24(2)13-16-6-4-5-7-18(16)21(29-24)14-31-23-27-19(12-20(28-23)22(25)26)15-8-10-17(30-3)11-9-15/h4-12,22H,13-14H2,1-3H3. The van der Waals surface area contributed by atoms with Gasteiger partial charge in [-0.1, -0.05) is 36.0 Å². The number of aliphatic imine (C=N–C) groups is 1. The third kappa shape index (κ3) is 4.93. The molecular weight excluding hydrogens is 416 g/mol. The lowest BCUT2D eigenvalue weighted by atomic mass is 9.87. The number of benzene rings is 2. The van der Waals surface area contributed by atoms with E-state index in [2.05, 4.69) is 35.9 Å². The minimum Gasteiger partial charge on any atom is -0.497 e. The topological polar surface area (TPSA) is 47.4 Å². The van der Waals surface area contributed by atoms with Gasteiger partial charge in [-0.15, -0.1) is 0 Å². The first kappa shape index (κ1) is 21.4. The van der Waals surface area contributed by atoms with Crippen molar-refractivity contribution in [1.82, 2.24) is 9.97 Å². The van der Waals surface area contributed by atoms with Crippen molar-refractivity contribution in [3.05, 3.63) is 71.4 Å². The number of methoxy groups -OCH3 is 1. The average Bonchev–Trinajstić information content (AvgIpc) is 2.76. The predicted octanol–water partition coefficient (Wildman–Crippen LogP) is 6.01. The number of aromatic nitrogens is 2. The molecule has 31 heavy (non-hydrogen) atoms. The van der Waals surface area contributed by atoms with Crippen LogP contribution in [0.4, 0.5) is 8.78 Å². The Labute approximate surface area is 184 Å². The number of thioether (sulfide) groups is 1. The van der Waals surface area contributed by atoms with E-state index in [0.717, 1.165) is 23.3 Å². The van der Waals surface area contributed by atoms with Gasteiger partial charge >= 0.3 is 0 Å². The fraction of sp³-hybridized carbons (Fsp3) is 0.292. The predicted molar refractivity (Wildman–Crippen MR) is 120 cm³/mol. The van der Waals surface area contributed by atoms with E-state index in [0.29, 0.717) is 22.4 Å². The summed E-state index contributed by atoms with van der Waals surface area (Å²) in [7, 11) is 1.58. The molecule has 1 aliphatic heterocycles. The average molecular weight is 440 g/mol. The lowest BCUT2D eigenvalue weighted by molar-refractivity contribution is 0.145. The van der Waals surface area contributed by atoms with Gasteiger partial charge in [-0.3, -0.25) is 4.99 Å². The molecule has 0 saturated heterocycles. The number of hydrogen-bond donors (Lipinski definition) is 0. The molecule has 2 aromatic carbocycles. The maximum Gasteiger partial charge on any atom is 0.280 e. The highest BCUT2D eigenvalue weighted by molar-refractivity contribution is 7.99. The molecule has 1 aromatic heterocycles. The summed E-state index contributed by atoms with van der Waals surface area (Å²) in [6.45, 7) is 4.20. The Morgan fingerprint density at radius 2 is 1.81 bits per heavy atom. The maximum atomic E-state index is 13.5. The van der Waals surface area contributed by atoms with Crippen LogP contribution < -0.4 is 4.74 Å². The minimum atomic E-state index is -2.67. The smallest absolute Gasteiger partial charge is 0.280 e. The summed E-state index contributed by atoms with van der Waals surface area (Å²) in [5, 5.41) is 0.312. The van der Waals surface area contributed by atoms with Gasteiger partial charge in [0.1, 0.15) is 11.4 Å². The maximum absolute atomic E-state index is 13.5. The van der Waals surface area contributed by atoms with Gasteiger partial charge in [0.25, 0.3) is 6.43 Å². The van der Waals surface area contributed by atoms with Crippen LogP contribution in [0, 0.1) is 0 Å². The van der Waals surface area contributed by atoms with Gasteiger partial charge in [0.05, 0.1) is 24.1 Å². The Balaban J connectivity index is 1.63. The van der Waals surface area contributed by atoms with Crippen molar-refractivity contribution in [3.8, 4) is 17.0 Å². The number of fused-ring (bicyclic) bond motifs is 1. The van der Waals surface area contributed by atoms with Crippen LogP contribution in [0.2, 0.25) is 0 Å². The van der Waals surface area contributed by atoms with Gasteiger partial charge in [0.15, 0.2) is 5.16 Å². The van der Waals surface area contributed by atoms with Gasteiger partial charge in [0, 0.05) is 11.3 Å². The molecule has 0 fully saturated rings. The molecule has 0 bridgehead atoms. The zero-order valence-corrected chi connectivity index (χ0v) is 18.4. The second kappa shape index (κ2) is 8.75. The molecule has 2 heterocycles. The first-order chi connectivity index (χ1) is 14.8. The Bertz CT molecular complexity index is 1110. The monoisotopic (exact) mass is 439 g/mol. The first-order valence-corrected chi connectivity index (χ1v) is 10.9. The SMILES string of the molecule is COc1ccc(-c2cc(C(F)F)nc(SCC3=NC(C)(C)Cc4ccccc43)n2)cc1. The van der Waals surface area contributed by atoms with Gasteiger partial charge in [-0.2, -0.15) is 0 Å². The number of rotatable bonds is 6. The van der Waals surface area contributed by atoms with Crippen molar-refractivity contribution in [3.63, 3.8) is 0 Å². The Hall–Kier alpha value is -2.80. The molecule has 160 valence electrons. The van der Waals surface area contributed by atoms with Crippen LogP contribution in [-0.4, -0.2) is 34.1 Å². The van der Waals surface area contributed by atoms with E-state index in [1.165, 1.54) is 23.4 Å². The molecule has 0 saturated carbocycles. The fourth-order valence-electron chi connectivity index (χ4n) is 3.66. The summed E-state index contributed by atoms with van der Waals surface area (Å²) in [6.07, 6.45) is -1.80. The lowest BCUT2D eigenvalue weighted by Gasteiger charge is -2.28. The summed E-state index contributed by atoms with van der Waals surface area (Å²) in [5.74, 6) is 1.20. The van der Waals surface area contributed by atoms with Crippen molar-refractivity contribution < 1.29 is 13.5 Å². The van der Waals surface area contributed by atoms with E-state index in [9.17, 15) is 8.78 Å². The van der Waals surface area contributed by atoms with Gasteiger partial charge in [-0.05, 0) is 61.7 Å². The molecule has 0 aliphatic carbocycles. The second-order valence-corrected chi connectivity index (χ2v) is 8.93. The van der Waals surface area contributed by atoms with Gasteiger partial charge in [-0.25, -0.2) is 18.7 Å². The zero-order valence-electron chi connectivity index (χ0n) is 17.6. The van der Waals surface area contributed by atoms with E-state index in [1.807, 2.05) is 12.1 Å². The number of nitrogens with zero attached hydrogens (tertiary/aromatic N) is 3. The molecule has 0 amide bonds. The molecule has 7 heteroatoms. The van der Waals surface area contributed by atoms with Crippen LogP contribution in [0.3, 0.4) is 0 Å². The highest BCUT2D eigenvalue weighted by Gasteiger charge is 2.26. The first-order valence-electron chi connectivity index (χ1n) is 9.96. The molecule has 0 atom stereocenters. The van der Waals surface area contributed by atoms with Crippen LogP contribution in [0.25, 0.3) is 11.3 Å². The zero-order chi connectivity index (χ0) is 22.0. The van der Waals surface area contributed by atoms with Crippen LogP contribution in [0.5, 0.6) is 5.75 Å². The molecule has 0 unspecified atom stereocenters. The Kier molecular flexibility index (Phi) is 6.05. The second-order valence-electron chi connectivity index (χ2n) is 7.98. The van der Waals surface area contributed by atoms with Crippen molar-refractivity contribution in [2.45, 2.75) is 37.4 Å². The van der Waals surface area contributed by atoms with Gasteiger partial charge in [0.2, 0.25) is 0 Å². The largest absolute Gasteiger partial charge is 0.497 e. The molecule has 4 nitrogen and oxygen atoms in total. The van der Waals surface area contributed by atoms with E-state index in [1.54, 1.807) is 31.4 Å². The van der Waals surface area contributed by atoms with Gasteiger partial charge < -0.3 is 4.74 Å². The van der Waals surface area contributed by atoms with Crippen molar-refractivity contribution >= 4 is 17.5 Å². The van der Waals surface area contributed by atoms with Crippen LogP contribution >= 0.6 is 11.8 Å². The summed E-state index contributed by atoms with van der Waals surface area (Å²) in [6, 6.07) is 16.7. The number of alkyl halides is 2. The number of hydrogen-bond acceptors (Lipinski definition) is 5. The summed E-state index contributed by atoms with van der Waals surface area (Å²) < 4.78 is 32.2. The van der Waals surface area contributed by atoms with E-state index in [4.69, 9.17) is 9.73 Å². The molecule has 4 rings (SSSR count). The van der Waals surface area contributed by atoms with E-state index < -0.39 is 6.43 Å². The van der Waals surface area contributed by atoms with E-state index >= 15 is 0 Å². The lowest BCUT2D eigenvalue weighted by Crippen LogP contribution is -2.29. The molecule has 3 aromatic rings. The third-order valence-electron chi connectivity index (χ3n) is 5.06. The van der Waals surface area contributed by atoms with Crippen LogP contribution in [-0.2, 0) is 6.42 Å². The molecule has 0 radical (unpaired) electrons. The molecule has 1 aliphatic rings. The quantitative estimate of drug-likeness (QED) is 0.349. The van der Waals surface area contributed by atoms with Crippen molar-refractivity contribution in [2.75, 3.05) is 12.9 Å². The fourth-order valence-corrected chi connectivity index (χ4v) is 4.48. The summed E-state index contributed by atoms with van der Waals surface area (Å²) in [4.78, 5) is 13.5. The normalized spacial score (nSPS) is 14.8. The number of ether oxygens (including phenoxy) is 1. The highest BCUT2D eigenvalue weighted by atomic mass is 32.2. The van der Waals surface area contributed by atoms with Crippen molar-refractivity contribution in [1.29, 1.82) is 0 Å². The summed E-state index contributed by atoms with van der Waals surface area (Å²) in [5.41, 5.74) is 4.00. The molecule has 0 spiro atoms. The van der Waals surface area contributed by atoms with Crippen LogP contribution in [0.1, 0.15) is 37.1 Å².